The van der Waals surface area contributed by atoms with E-state index in [1.807, 2.05) is 30.3 Å². The summed E-state index contributed by atoms with van der Waals surface area (Å²) < 4.78 is 5.31. The third-order valence-corrected chi connectivity index (χ3v) is 2.29. The van der Waals surface area contributed by atoms with E-state index in [4.69, 9.17) is 4.74 Å². The normalized spacial score (nSPS) is 18.5. The minimum Gasteiger partial charge on any atom is -0.368 e. The summed E-state index contributed by atoms with van der Waals surface area (Å²) in [6, 6.07) is 9.92. The van der Waals surface area contributed by atoms with Crippen molar-refractivity contribution in [3.05, 3.63) is 35.9 Å². The third-order valence-electron chi connectivity index (χ3n) is 2.29. The maximum absolute atomic E-state index is 9.43. The van der Waals surface area contributed by atoms with E-state index in [-0.39, 0.29) is 0 Å². The van der Waals surface area contributed by atoms with E-state index in [1.54, 1.807) is 0 Å². The Hall–Kier alpha value is -0.860. The summed E-state index contributed by atoms with van der Waals surface area (Å²) in [5.74, 6) is 0.392. The fourth-order valence-corrected chi connectivity index (χ4v) is 1.27. The zero-order valence-electron chi connectivity index (χ0n) is 7.52. The van der Waals surface area contributed by atoms with Gasteiger partial charge in [-0.25, -0.2) is 0 Å². The van der Waals surface area contributed by atoms with Gasteiger partial charge in [-0.05, 0) is 18.4 Å². The number of aliphatic hydroxyl groups is 1. The van der Waals surface area contributed by atoms with Gasteiger partial charge in [-0.3, -0.25) is 0 Å². The molecule has 1 atom stereocenters. The molecule has 1 unspecified atom stereocenters. The Kier molecular flexibility index (Phi) is 2.62. The van der Waals surface area contributed by atoms with Crippen molar-refractivity contribution in [2.75, 3.05) is 0 Å². The molecule has 0 heterocycles. The van der Waals surface area contributed by atoms with E-state index in [1.165, 1.54) is 0 Å². The van der Waals surface area contributed by atoms with E-state index in [9.17, 15) is 5.11 Å². The van der Waals surface area contributed by atoms with E-state index >= 15 is 0 Å². The predicted molar refractivity (Wildman–Crippen MR) is 50.0 cm³/mol. The van der Waals surface area contributed by atoms with Crippen molar-refractivity contribution in [1.29, 1.82) is 0 Å². The topological polar surface area (TPSA) is 29.5 Å². The second kappa shape index (κ2) is 3.90. The minimum atomic E-state index is -0.555. The number of ether oxygens (including phenoxy) is 1. The second-order valence-electron chi connectivity index (χ2n) is 3.52. The van der Waals surface area contributed by atoms with Gasteiger partial charge >= 0.3 is 0 Å². The molecule has 0 bridgehead atoms. The van der Waals surface area contributed by atoms with Crippen molar-refractivity contribution in [1.82, 2.24) is 0 Å². The number of hydrogen-bond donors (Lipinski definition) is 1. The molecule has 1 aromatic carbocycles. The second-order valence-corrected chi connectivity index (χ2v) is 3.52. The zero-order chi connectivity index (χ0) is 9.10. The SMILES string of the molecule is OC(OCc1ccccc1)C1CC1. The highest BCUT2D eigenvalue weighted by Gasteiger charge is 2.30. The van der Waals surface area contributed by atoms with E-state index in [0.29, 0.717) is 12.5 Å². The van der Waals surface area contributed by atoms with E-state index in [2.05, 4.69) is 0 Å². The van der Waals surface area contributed by atoms with Gasteiger partial charge in [0.25, 0.3) is 0 Å². The maximum Gasteiger partial charge on any atom is 0.157 e. The first-order valence-corrected chi connectivity index (χ1v) is 4.70. The number of aliphatic hydroxyl groups excluding tert-OH is 1. The number of benzene rings is 1. The monoisotopic (exact) mass is 178 g/mol. The molecule has 1 saturated carbocycles. The minimum absolute atomic E-state index is 0.392. The quantitative estimate of drug-likeness (QED) is 0.714. The fraction of sp³-hybridized carbons (Fsp3) is 0.455. The highest BCUT2D eigenvalue weighted by Crippen LogP contribution is 2.33. The van der Waals surface area contributed by atoms with Crippen molar-refractivity contribution in [2.24, 2.45) is 5.92 Å². The summed E-state index contributed by atoms with van der Waals surface area (Å²) in [5.41, 5.74) is 1.11. The first-order chi connectivity index (χ1) is 6.36. The van der Waals surface area contributed by atoms with Crippen LogP contribution in [0.1, 0.15) is 18.4 Å². The molecule has 2 nitrogen and oxygen atoms in total. The third kappa shape index (κ3) is 2.54. The molecule has 0 aliphatic heterocycles. The van der Waals surface area contributed by atoms with Crippen molar-refractivity contribution >= 4 is 0 Å². The lowest BCUT2D eigenvalue weighted by Gasteiger charge is -2.10. The lowest BCUT2D eigenvalue weighted by Crippen LogP contribution is -2.13. The lowest BCUT2D eigenvalue weighted by atomic mass is 10.2. The summed E-state index contributed by atoms with van der Waals surface area (Å²) in [7, 11) is 0. The summed E-state index contributed by atoms with van der Waals surface area (Å²) in [6.07, 6.45) is 1.66. The van der Waals surface area contributed by atoms with Gasteiger partial charge in [0, 0.05) is 5.92 Å². The molecule has 1 fully saturated rings. The standard InChI is InChI=1S/C11H14O2/c12-11(10-6-7-10)13-8-9-4-2-1-3-5-9/h1-5,10-12H,6-8H2. The Morgan fingerprint density at radius 1 is 1.31 bits per heavy atom. The van der Waals surface area contributed by atoms with Crippen LogP contribution < -0.4 is 0 Å². The molecule has 0 radical (unpaired) electrons. The Labute approximate surface area is 78.2 Å². The molecule has 1 aromatic rings. The molecule has 70 valence electrons. The van der Waals surface area contributed by atoms with Gasteiger partial charge in [-0.1, -0.05) is 30.3 Å². The highest BCUT2D eigenvalue weighted by atomic mass is 16.6. The summed E-state index contributed by atoms with van der Waals surface area (Å²) >= 11 is 0. The Morgan fingerprint density at radius 3 is 2.62 bits per heavy atom. The van der Waals surface area contributed by atoms with Crippen molar-refractivity contribution in [3.8, 4) is 0 Å². The smallest absolute Gasteiger partial charge is 0.157 e. The van der Waals surface area contributed by atoms with Crippen molar-refractivity contribution < 1.29 is 9.84 Å². The van der Waals surface area contributed by atoms with Gasteiger partial charge in [0.1, 0.15) is 0 Å². The molecular weight excluding hydrogens is 164 g/mol. The van der Waals surface area contributed by atoms with Crippen LogP contribution in [0.25, 0.3) is 0 Å². The van der Waals surface area contributed by atoms with Crippen LogP contribution in [0.15, 0.2) is 30.3 Å². The molecule has 13 heavy (non-hydrogen) atoms. The zero-order valence-corrected chi connectivity index (χ0v) is 7.52. The molecule has 0 amide bonds. The Morgan fingerprint density at radius 2 is 2.00 bits per heavy atom. The highest BCUT2D eigenvalue weighted by molar-refractivity contribution is 5.13. The molecule has 1 N–H and O–H groups in total. The number of hydrogen-bond acceptors (Lipinski definition) is 2. The number of rotatable bonds is 4. The van der Waals surface area contributed by atoms with Gasteiger partial charge in [-0.15, -0.1) is 0 Å². The van der Waals surface area contributed by atoms with Crippen LogP contribution in [-0.4, -0.2) is 11.4 Å². The molecule has 1 aliphatic rings. The summed E-state index contributed by atoms with van der Waals surface area (Å²) in [6.45, 7) is 0.512. The maximum atomic E-state index is 9.43. The Balaban J connectivity index is 1.78. The van der Waals surface area contributed by atoms with Crippen LogP contribution in [0.5, 0.6) is 0 Å². The van der Waals surface area contributed by atoms with Crippen LogP contribution in [-0.2, 0) is 11.3 Å². The molecule has 0 spiro atoms. The average molecular weight is 178 g/mol. The summed E-state index contributed by atoms with van der Waals surface area (Å²) in [4.78, 5) is 0. The van der Waals surface area contributed by atoms with Crippen molar-refractivity contribution in [3.63, 3.8) is 0 Å². The first-order valence-electron chi connectivity index (χ1n) is 4.70. The molecule has 2 rings (SSSR count). The van der Waals surface area contributed by atoms with Crippen LogP contribution in [0.2, 0.25) is 0 Å². The van der Waals surface area contributed by atoms with Gasteiger partial charge in [0.2, 0.25) is 0 Å². The van der Waals surface area contributed by atoms with Gasteiger partial charge in [0.05, 0.1) is 6.61 Å². The van der Waals surface area contributed by atoms with Crippen molar-refractivity contribution in [2.45, 2.75) is 25.7 Å². The van der Waals surface area contributed by atoms with Gasteiger partial charge < -0.3 is 9.84 Å². The van der Waals surface area contributed by atoms with Gasteiger partial charge in [-0.2, -0.15) is 0 Å². The average Bonchev–Trinajstić information content (AvgIpc) is 2.99. The molecular formula is C11H14O2. The van der Waals surface area contributed by atoms with Crippen LogP contribution >= 0.6 is 0 Å². The summed E-state index contributed by atoms with van der Waals surface area (Å²) in [5, 5.41) is 9.43. The molecule has 1 aliphatic carbocycles. The largest absolute Gasteiger partial charge is 0.368 e. The molecule has 0 saturated heterocycles. The van der Waals surface area contributed by atoms with E-state index in [0.717, 1.165) is 18.4 Å². The molecule has 0 aromatic heterocycles. The van der Waals surface area contributed by atoms with Crippen LogP contribution in [0.3, 0.4) is 0 Å². The first kappa shape index (κ1) is 8.73. The van der Waals surface area contributed by atoms with Gasteiger partial charge in [0.15, 0.2) is 6.29 Å². The lowest BCUT2D eigenvalue weighted by molar-refractivity contribution is -0.121. The predicted octanol–water partition coefficient (Wildman–Crippen LogP) is 1.93. The fourth-order valence-electron chi connectivity index (χ4n) is 1.27. The molecule has 2 heteroatoms. The Bertz CT molecular complexity index is 254. The van der Waals surface area contributed by atoms with Crippen LogP contribution in [0, 0.1) is 5.92 Å². The van der Waals surface area contributed by atoms with E-state index < -0.39 is 6.29 Å². The van der Waals surface area contributed by atoms with Crippen LogP contribution in [0.4, 0.5) is 0 Å².